The second-order valence-electron chi connectivity index (χ2n) is 5.33. The lowest BCUT2D eigenvalue weighted by atomic mass is 10.1. The normalized spacial score (nSPS) is 10.2. The van der Waals surface area contributed by atoms with Crippen LogP contribution in [0.15, 0.2) is 41.4 Å². The predicted molar refractivity (Wildman–Crippen MR) is 111 cm³/mol. The van der Waals surface area contributed by atoms with E-state index in [1.165, 1.54) is 12.1 Å². The number of nitro benzene ring substituents is 2. The van der Waals surface area contributed by atoms with Crippen molar-refractivity contribution in [1.82, 2.24) is 5.32 Å². The summed E-state index contributed by atoms with van der Waals surface area (Å²) in [5.41, 5.74) is 9.40. The third-order valence-electron chi connectivity index (χ3n) is 3.32. The van der Waals surface area contributed by atoms with Gasteiger partial charge in [-0.3, -0.25) is 35.9 Å². The Labute approximate surface area is 167 Å². The first-order chi connectivity index (χ1) is 12.8. The van der Waals surface area contributed by atoms with Crippen molar-refractivity contribution in [3.8, 4) is 0 Å². The molecule has 28 heavy (non-hydrogen) atoms. The molecule has 0 saturated heterocycles. The molecule has 11 nitrogen and oxygen atoms in total. The first-order valence-corrected chi connectivity index (χ1v) is 7.99. The SMILES string of the molecule is CCCCN=C(N)NC(=N)N.Cl.O=[N+]([O-])c1ccc2ccccc2c1[N+](=O)[O-]. The fourth-order valence-electron chi connectivity index (χ4n) is 2.12. The smallest absolute Gasteiger partial charge is 0.353 e. The zero-order chi connectivity index (χ0) is 20.4. The van der Waals surface area contributed by atoms with E-state index in [0.717, 1.165) is 18.9 Å². The summed E-state index contributed by atoms with van der Waals surface area (Å²) >= 11 is 0. The first-order valence-electron chi connectivity index (χ1n) is 7.99. The fraction of sp³-hybridized carbons (Fsp3) is 0.250. The Hall–Kier alpha value is -3.47. The fourth-order valence-corrected chi connectivity index (χ4v) is 2.12. The highest BCUT2D eigenvalue weighted by Crippen LogP contribution is 2.34. The summed E-state index contributed by atoms with van der Waals surface area (Å²) in [6.07, 6.45) is 2.08. The zero-order valence-electron chi connectivity index (χ0n) is 15.1. The molecule has 152 valence electrons. The van der Waals surface area contributed by atoms with Gasteiger partial charge in [-0.25, -0.2) is 0 Å². The summed E-state index contributed by atoms with van der Waals surface area (Å²) in [5.74, 6) is 0.0358. The summed E-state index contributed by atoms with van der Waals surface area (Å²) < 4.78 is 0. The Morgan fingerprint density at radius 2 is 1.79 bits per heavy atom. The molecule has 0 aliphatic heterocycles. The quantitative estimate of drug-likeness (QED) is 0.191. The van der Waals surface area contributed by atoms with E-state index in [0.29, 0.717) is 11.9 Å². The number of nitrogens with zero attached hydrogens (tertiary/aromatic N) is 3. The molecule has 2 rings (SSSR count). The summed E-state index contributed by atoms with van der Waals surface area (Å²) in [6.45, 7) is 2.76. The van der Waals surface area contributed by atoms with Crippen molar-refractivity contribution in [1.29, 1.82) is 5.41 Å². The number of hydrogen-bond acceptors (Lipinski definition) is 6. The number of nitro groups is 2. The topological polar surface area (TPSA) is 187 Å². The number of nitrogens with two attached hydrogens (primary N) is 2. The van der Waals surface area contributed by atoms with Crippen molar-refractivity contribution in [3.05, 3.63) is 56.6 Å². The molecule has 2 aromatic carbocycles. The minimum atomic E-state index is -0.745. The molecule has 0 bridgehead atoms. The van der Waals surface area contributed by atoms with Gasteiger partial charge < -0.3 is 11.5 Å². The molecule has 0 aromatic heterocycles. The van der Waals surface area contributed by atoms with Crippen LogP contribution < -0.4 is 16.8 Å². The van der Waals surface area contributed by atoms with Gasteiger partial charge in [0.2, 0.25) is 0 Å². The van der Waals surface area contributed by atoms with Crippen molar-refractivity contribution in [2.24, 2.45) is 16.5 Å². The maximum atomic E-state index is 10.8. The van der Waals surface area contributed by atoms with E-state index in [9.17, 15) is 20.2 Å². The molecule has 0 aliphatic carbocycles. The van der Waals surface area contributed by atoms with E-state index in [-0.39, 0.29) is 29.7 Å². The highest BCUT2D eigenvalue weighted by Gasteiger charge is 2.26. The van der Waals surface area contributed by atoms with Crippen LogP contribution in [0.3, 0.4) is 0 Å². The van der Waals surface area contributed by atoms with Crippen LogP contribution in [0, 0.1) is 25.6 Å². The van der Waals surface area contributed by atoms with Crippen LogP contribution in [0.25, 0.3) is 10.8 Å². The standard InChI is InChI=1S/C10H6N2O4.C6H15N5.ClH/c13-11(14)9-6-5-7-3-1-2-4-8(7)10(9)12(15)16;1-2-3-4-10-6(9)11-5(7)8;/h1-6H;2-4H2,1H3,(H6,7,8,9,10,11);1H. The van der Waals surface area contributed by atoms with Gasteiger partial charge in [-0.1, -0.05) is 31.5 Å². The third-order valence-corrected chi connectivity index (χ3v) is 3.32. The van der Waals surface area contributed by atoms with E-state index < -0.39 is 21.2 Å². The van der Waals surface area contributed by atoms with Crippen molar-refractivity contribution in [3.63, 3.8) is 0 Å². The van der Waals surface area contributed by atoms with Gasteiger partial charge in [0.25, 0.3) is 0 Å². The molecule has 0 spiro atoms. The Bertz CT molecular complexity index is 873. The van der Waals surface area contributed by atoms with Gasteiger partial charge >= 0.3 is 11.4 Å². The number of guanidine groups is 2. The average Bonchev–Trinajstić information content (AvgIpc) is 2.60. The minimum Gasteiger partial charge on any atom is -0.370 e. The number of hydrogen-bond donors (Lipinski definition) is 4. The number of unbranched alkanes of at least 4 members (excludes halogenated alkanes) is 1. The molecule has 0 fully saturated rings. The van der Waals surface area contributed by atoms with Crippen molar-refractivity contribution >= 4 is 46.5 Å². The molecular formula is C16H22ClN7O4. The maximum absolute atomic E-state index is 10.8. The van der Waals surface area contributed by atoms with Gasteiger partial charge in [0, 0.05) is 12.6 Å². The van der Waals surface area contributed by atoms with Crippen LogP contribution in [-0.4, -0.2) is 28.3 Å². The molecule has 12 heteroatoms. The van der Waals surface area contributed by atoms with Gasteiger partial charge in [-0.05, 0) is 23.9 Å². The largest absolute Gasteiger partial charge is 0.370 e. The van der Waals surface area contributed by atoms with E-state index >= 15 is 0 Å². The Kier molecular flexibility index (Phi) is 10.5. The molecular weight excluding hydrogens is 390 g/mol. The van der Waals surface area contributed by atoms with Crippen LogP contribution in [0.5, 0.6) is 0 Å². The van der Waals surface area contributed by atoms with Gasteiger partial charge in [-0.15, -0.1) is 12.4 Å². The van der Waals surface area contributed by atoms with Gasteiger partial charge in [0.1, 0.15) is 0 Å². The number of aliphatic imine (C=N–C) groups is 1. The zero-order valence-corrected chi connectivity index (χ0v) is 15.9. The molecule has 0 saturated carbocycles. The van der Waals surface area contributed by atoms with Gasteiger partial charge in [-0.2, -0.15) is 0 Å². The molecule has 6 N–H and O–H groups in total. The third kappa shape index (κ3) is 7.41. The second-order valence-corrected chi connectivity index (χ2v) is 5.33. The number of halogens is 1. The number of benzene rings is 2. The van der Waals surface area contributed by atoms with E-state index in [4.69, 9.17) is 16.9 Å². The predicted octanol–water partition coefficient (Wildman–Crippen LogP) is 2.66. The highest BCUT2D eigenvalue weighted by molar-refractivity contribution is 5.95. The average molecular weight is 412 g/mol. The monoisotopic (exact) mass is 411 g/mol. The van der Waals surface area contributed by atoms with Crippen LogP contribution in [0.2, 0.25) is 0 Å². The van der Waals surface area contributed by atoms with E-state index in [1.54, 1.807) is 18.2 Å². The van der Waals surface area contributed by atoms with Crippen molar-refractivity contribution < 1.29 is 9.85 Å². The summed E-state index contributed by atoms with van der Waals surface area (Å²) in [5, 5.41) is 31.6. The summed E-state index contributed by atoms with van der Waals surface area (Å²) in [7, 11) is 0. The van der Waals surface area contributed by atoms with Gasteiger partial charge in [0.05, 0.1) is 15.2 Å². The molecule has 0 heterocycles. The van der Waals surface area contributed by atoms with E-state index in [1.807, 2.05) is 0 Å². The molecule has 0 aliphatic rings. The van der Waals surface area contributed by atoms with Crippen LogP contribution in [-0.2, 0) is 0 Å². The maximum Gasteiger partial charge on any atom is 0.353 e. The molecule has 0 radical (unpaired) electrons. The number of rotatable bonds is 5. The van der Waals surface area contributed by atoms with Gasteiger partial charge in [0.15, 0.2) is 11.9 Å². The molecule has 0 unspecified atom stereocenters. The van der Waals surface area contributed by atoms with Crippen LogP contribution in [0.1, 0.15) is 19.8 Å². The molecule has 2 aromatic rings. The summed E-state index contributed by atoms with van der Waals surface area (Å²) in [6, 6.07) is 9.16. The second kappa shape index (κ2) is 12.0. The summed E-state index contributed by atoms with van der Waals surface area (Å²) in [4.78, 5) is 24.0. The Balaban J connectivity index is 0.000000541. The molecule has 0 amide bonds. The minimum absolute atomic E-state index is 0. The highest BCUT2D eigenvalue weighted by atomic mass is 35.5. The Morgan fingerprint density at radius 3 is 2.32 bits per heavy atom. The Morgan fingerprint density at radius 1 is 1.14 bits per heavy atom. The first kappa shape index (κ1) is 24.5. The number of fused-ring (bicyclic) bond motifs is 1. The molecule has 0 atom stereocenters. The lowest BCUT2D eigenvalue weighted by molar-refractivity contribution is -0.421. The lowest BCUT2D eigenvalue weighted by Crippen LogP contribution is -2.40. The number of nitrogens with one attached hydrogen (secondary N) is 2. The van der Waals surface area contributed by atoms with Crippen molar-refractivity contribution in [2.75, 3.05) is 6.54 Å². The van der Waals surface area contributed by atoms with Crippen LogP contribution >= 0.6 is 12.4 Å². The van der Waals surface area contributed by atoms with E-state index in [2.05, 4.69) is 17.2 Å². The lowest BCUT2D eigenvalue weighted by Gasteiger charge is -2.00. The van der Waals surface area contributed by atoms with Crippen molar-refractivity contribution in [2.45, 2.75) is 19.8 Å². The van der Waals surface area contributed by atoms with Crippen LogP contribution in [0.4, 0.5) is 11.4 Å².